The van der Waals surface area contributed by atoms with E-state index >= 15 is 0 Å². The number of aromatic hydroxyl groups is 1. The molecule has 0 radical (unpaired) electrons. The number of H-pyrrole nitrogens is 3. The molecule has 0 saturated carbocycles. The number of likely N-dealkylation sites (N-methyl/N-ethyl adjacent to an activating group) is 2. The molecule has 4 aromatic rings. The second kappa shape index (κ2) is 35.4. The van der Waals surface area contributed by atoms with E-state index in [1.807, 2.05) is 24.3 Å². The molecule has 14 nitrogen and oxygen atoms in total. The Labute approximate surface area is 458 Å². The summed E-state index contributed by atoms with van der Waals surface area (Å²) in [6, 6.07) is 14.5. The Balaban J connectivity index is 0.000000336. The Kier molecular flexibility index (Phi) is 28.7. The van der Waals surface area contributed by atoms with Gasteiger partial charge in [-0.1, -0.05) is 229 Å². The molecule has 77 heavy (non-hydrogen) atoms. The predicted octanol–water partition coefficient (Wildman–Crippen LogP) is 13.3. The maximum atomic E-state index is 13.3. The van der Waals surface area contributed by atoms with Crippen molar-refractivity contribution in [1.82, 2.24) is 24.8 Å². The summed E-state index contributed by atoms with van der Waals surface area (Å²) in [5, 5.41) is 13.1. The zero-order valence-corrected chi connectivity index (χ0v) is 47.1. The normalized spacial score (nSPS) is 13.1. The van der Waals surface area contributed by atoms with Gasteiger partial charge >= 0.3 is 5.69 Å². The summed E-state index contributed by atoms with van der Waals surface area (Å²) in [7, 11) is 3.46. The number of carbonyl (C=O) groups excluding carboxylic acids is 2. The van der Waals surface area contributed by atoms with Gasteiger partial charge in [0.15, 0.2) is 5.70 Å². The first-order valence-corrected chi connectivity index (χ1v) is 28.9. The number of hydrogen-bond acceptors (Lipinski definition) is 6. The molecule has 1 aliphatic rings. The zero-order chi connectivity index (χ0) is 55.8. The Morgan fingerprint density at radius 3 is 1.32 bits per heavy atom. The molecule has 2 aromatic carbocycles. The van der Waals surface area contributed by atoms with Crippen LogP contribution in [0.15, 0.2) is 68.8 Å². The minimum atomic E-state index is -0.846. The fourth-order valence-electron chi connectivity index (χ4n) is 9.96. The van der Waals surface area contributed by atoms with Gasteiger partial charge in [-0.25, -0.2) is 19.3 Å². The van der Waals surface area contributed by atoms with Gasteiger partial charge in [-0.15, -0.1) is 0 Å². The van der Waals surface area contributed by atoms with Gasteiger partial charge < -0.3 is 19.9 Å². The molecule has 14 heteroatoms. The van der Waals surface area contributed by atoms with Gasteiger partial charge in [-0.3, -0.25) is 29.3 Å². The third-order valence-corrected chi connectivity index (χ3v) is 14.5. The highest BCUT2D eigenvalue weighted by Crippen LogP contribution is 2.35. The number of unbranched alkanes of at least 4 members (excludes halogenated alkanes) is 26. The number of nitrogens with zero attached hydrogens (tertiary/aromatic N) is 6. The van der Waals surface area contributed by atoms with Crippen LogP contribution >= 0.6 is 0 Å². The molecule has 4 N–H and O–H groups in total. The number of nitrogens with one attached hydrogen (secondary N) is 3. The minimum absolute atomic E-state index is 0.0862. The number of aromatic amines is 3. The summed E-state index contributed by atoms with van der Waals surface area (Å²) in [4.78, 5) is 76.2. The number of aliphatic imine (C=N–C) groups is 1. The summed E-state index contributed by atoms with van der Waals surface area (Å²) in [6.45, 7) is 30.2. The average molecular weight is 1050 g/mol. The van der Waals surface area contributed by atoms with Crippen LogP contribution in [0, 0.1) is 19.7 Å². The highest BCUT2D eigenvalue weighted by molar-refractivity contribution is 6.23. The number of rotatable bonds is 33. The van der Waals surface area contributed by atoms with Crippen molar-refractivity contribution >= 4 is 45.4 Å². The monoisotopic (exact) mass is 1050 g/mol. The molecule has 0 saturated heterocycles. The van der Waals surface area contributed by atoms with E-state index in [1.165, 1.54) is 148 Å². The van der Waals surface area contributed by atoms with E-state index in [-0.39, 0.29) is 34.3 Å². The van der Waals surface area contributed by atoms with Crippen molar-refractivity contribution in [2.75, 3.05) is 27.2 Å². The predicted molar refractivity (Wildman–Crippen MR) is 314 cm³/mol. The van der Waals surface area contributed by atoms with Crippen molar-refractivity contribution in [1.29, 1.82) is 0 Å². The summed E-state index contributed by atoms with van der Waals surface area (Å²) in [6.07, 6.45) is 35.8. The second-order valence-electron chi connectivity index (χ2n) is 20.7. The molecule has 2 aromatic heterocycles. The fraction of sp³-hybridized carbons (Fsp3) is 0.556. The molecular weight excluding hydrogens is 963 g/mol. The minimum Gasteiger partial charge on any atom is -0.494 e. The molecule has 0 spiro atoms. The quantitative estimate of drug-likeness (QED) is 0.0211. The lowest BCUT2D eigenvalue weighted by Gasteiger charge is -2.17. The Hall–Kier alpha value is -6.98. The van der Waals surface area contributed by atoms with Crippen molar-refractivity contribution in [3.05, 3.63) is 137 Å². The summed E-state index contributed by atoms with van der Waals surface area (Å²) in [5.74, 6) is -1.33. The zero-order valence-electron chi connectivity index (χ0n) is 47.1. The lowest BCUT2D eigenvalue weighted by molar-refractivity contribution is -0.125. The smallest absolute Gasteiger partial charge is 0.328 e. The van der Waals surface area contributed by atoms with E-state index in [2.05, 4.69) is 48.3 Å². The van der Waals surface area contributed by atoms with E-state index in [1.54, 1.807) is 55.1 Å². The van der Waals surface area contributed by atoms with Crippen molar-refractivity contribution in [3.8, 4) is 5.88 Å². The van der Waals surface area contributed by atoms with Gasteiger partial charge in [0.25, 0.3) is 28.8 Å². The van der Waals surface area contributed by atoms with E-state index in [0.29, 0.717) is 40.6 Å². The number of fused-ring (bicyclic) bond motifs is 2. The number of carbonyl (C=O) groups is 2. The van der Waals surface area contributed by atoms with Crippen LogP contribution in [0.2, 0.25) is 0 Å². The Morgan fingerprint density at radius 1 is 0.519 bits per heavy atom. The van der Waals surface area contributed by atoms with Crippen molar-refractivity contribution in [2.24, 2.45) is 4.99 Å². The van der Waals surface area contributed by atoms with Crippen molar-refractivity contribution in [2.45, 2.75) is 201 Å². The van der Waals surface area contributed by atoms with E-state index in [0.717, 1.165) is 42.9 Å². The molecular formula is C63H87N9O5. The van der Waals surface area contributed by atoms with Crippen molar-refractivity contribution < 1.29 is 14.7 Å². The largest absolute Gasteiger partial charge is 0.494 e. The van der Waals surface area contributed by atoms with Crippen LogP contribution in [-0.2, 0) is 9.59 Å². The number of aromatic nitrogens is 3. The van der Waals surface area contributed by atoms with Gasteiger partial charge in [0.1, 0.15) is 5.56 Å². The van der Waals surface area contributed by atoms with E-state index in [4.69, 9.17) is 19.7 Å². The van der Waals surface area contributed by atoms with Gasteiger partial charge in [-0.05, 0) is 36.1 Å². The summed E-state index contributed by atoms with van der Waals surface area (Å²) < 4.78 is 0. The van der Waals surface area contributed by atoms with Crippen LogP contribution in [0.25, 0.3) is 42.4 Å². The molecule has 0 bridgehead atoms. The van der Waals surface area contributed by atoms with Crippen LogP contribution in [0.5, 0.6) is 5.88 Å². The molecule has 1 aliphatic heterocycles. The lowest BCUT2D eigenvalue weighted by atomic mass is 10.00. The molecule has 0 unspecified atom stereocenters. The van der Waals surface area contributed by atoms with E-state index in [9.17, 15) is 24.3 Å². The maximum Gasteiger partial charge on any atom is 0.328 e. The lowest BCUT2D eigenvalue weighted by Crippen LogP contribution is -2.31. The van der Waals surface area contributed by atoms with Crippen LogP contribution < -0.4 is 21.9 Å². The van der Waals surface area contributed by atoms with Crippen LogP contribution in [0.1, 0.15) is 217 Å². The number of amides is 2. The highest BCUT2D eigenvalue weighted by atomic mass is 16.3. The first-order chi connectivity index (χ1) is 37.4. The average Bonchev–Trinajstić information content (AvgIpc) is 4.01. The molecule has 0 aliphatic carbocycles. The fourth-order valence-corrected chi connectivity index (χ4v) is 9.96. The van der Waals surface area contributed by atoms with Crippen molar-refractivity contribution in [3.63, 3.8) is 0 Å². The molecule has 5 rings (SSSR count). The first kappa shape index (κ1) is 62.6. The third-order valence-electron chi connectivity index (χ3n) is 14.5. The molecule has 0 atom stereocenters. The van der Waals surface area contributed by atoms with Gasteiger partial charge in [0, 0.05) is 38.1 Å². The highest BCUT2D eigenvalue weighted by Gasteiger charge is 2.31. The second-order valence-corrected chi connectivity index (χ2v) is 20.7. The standard InChI is InChI=1S/C32H43N5O4.C31H44N4O/c1-4-5-6-7-8-9-10-11-12-13-14-15-16-19-22-37(3)31(40)28(33-2)27-24-21-18-17-20-23(24)26(34-27)25-29(38)35-32(41)36-30(25)39;1-6-7-8-9-10-11-12-13-14-15-16-17-18-21-24-35(5)31(36)30(33-4)29-27-23-20-19-22-26(27)28(34-29)25(2)32-3/h17-18,20-21H,4-16,19,22H2,1,3H3,(H3,35,36,38,39,41);19-20,22-23,34H,6-18,21,24H2,1-2,5H3/b28-27+;28-25+,30-29+. The molecule has 2 amide bonds. The molecule has 0 fully saturated rings. The molecule has 3 heterocycles. The Morgan fingerprint density at radius 2 is 0.909 bits per heavy atom. The topological polar surface area (TPSA) is 168 Å². The van der Waals surface area contributed by atoms with E-state index < -0.39 is 23.0 Å². The summed E-state index contributed by atoms with van der Waals surface area (Å²) in [5.41, 5.74) is -0.195. The number of hydrogen-bond donors (Lipinski definition) is 4. The van der Waals surface area contributed by atoms with Crippen LogP contribution in [0.3, 0.4) is 0 Å². The van der Waals surface area contributed by atoms with Gasteiger partial charge in [0.05, 0.1) is 36.5 Å². The Bertz CT molecular complexity index is 2960. The van der Waals surface area contributed by atoms with Crippen LogP contribution in [-0.4, -0.2) is 74.6 Å². The summed E-state index contributed by atoms with van der Waals surface area (Å²) >= 11 is 0. The SMILES string of the molecule is [C-]#[N+]/C(C(=O)N(C)CCCCCCCCCCCCCCCC)=C1/N=C(c2c(O)[nH]c(=O)[nH]c2=O)c2ccccc21.[C-]#[N+]/C(C)=c1/[nH]/c(=C(/[N+]#[C-])C(=O)N(C)CCCCCCCCCCCCCCCC)c2ccccc12. The third kappa shape index (κ3) is 19.8. The molecule has 414 valence electrons. The maximum absolute atomic E-state index is 13.3. The van der Waals surface area contributed by atoms with Gasteiger partial charge in [-0.2, -0.15) is 0 Å². The first-order valence-electron chi connectivity index (χ1n) is 28.9. The van der Waals surface area contributed by atoms with Crippen LogP contribution in [0.4, 0.5) is 0 Å². The number of benzene rings is 2. The van der Waals surface area contributed by atoms with Gasteiger partial charge in [0.2, 0.25) is 5.88 Å².